The maximum absolute atomic E-state index is 6.33. The lowest BCUT2D eigenvalue weighted by molar-refractivity contribution is -0.207. The van der Waals surface area contributed by atoms with Gasteiger partial charge in [-0.2, -0.15) is 0 Å². The van der Waals surface area contributed by atoms with E-state index >= 15 is 0 Å². The Hall–Kier alpha value is -0.160. The molecule has 4 nitrogen and oxygen atoms in total. The van der Waals surface area contributed by atoms with Crippen LogP contribution in [0.5, 0.6) is 0 Å². The number of hydrogen-bond donors (Lipinski definition) is 1. The van der Waals surface area contributed by atoms with Crippen LogP contribution in [0, 0.1) is 5.92 Å². The van der Waals surface area contributed by atoms with E-state index in [-0.39, 0.29) is 16.7 Å². The number of ether oxygens (including phenoxy) is 1. The minimum absolute atomic E-state index is 0.0837. The van der Waals surface area contributed by atoms with Crippen molar-refractivity contribution in [3.05, 3.63) is 0 Å². The first-order chi connectivity index (χ1) is 9.26. The lowest BCUT2D eigenvalue weighted by Gasteiger charge is -2.57. The topological polar surface area (TPSA) is 41.7 Å². The number of morpholine rings is 1. The third-order valence-electron chi connectivity index (χ3n) is 5.57. The first-order valence-electron chi connectivity index (χ1n) is 8.14. The summed E-state index contributed by atoms with van der Waals surface area (Å²) in [4.78, 5) is 5.29. The molecule has 3 atom stereocenters. The van der Waals surface area contributed by atoms with E-state index in [2.05, 4.69) is 37.5 Å². The molecule has 0 spiro atoms. The summed E-state index contributed by atoms with van der Waals surface area (Å²) in [6.07, 6.45) is 2.54. The lowest BCUT2D eigenvalue weighted by Crippen LogP contribution is -2.70. The molecule has 3 unspecified atom stereocenters. The van der Waals surface area contributed by atoms with Gasteiger partial charge in [0.05, 0.1) is 11.2 Å². The molecule has 3 aliphatic rings. The average Bonchev–Trinajstić information content (AvgIpc) is 2.70. The van der Waals surface area contributed by atoms with E-state index in [9.17, 15) is 0 Å². The predicted octanol–water partition coefficient (Wildman–Crippen LogP) is 1.30. The van der Waals surface area contributed by atoms with Crippen molar-refractivity contribution in [1.82, 2.24) is 9.80 Å². The van der Waals surface area contributed by atoms with Crippen LogP contribution in [0.15, 0.2) is 0 Å². The molecule has 3 heterocycles. The van der Waals surface area contributed by atoms with Gasteiger partial charge < -0.3 is 15.4 Å². The highest BCUT2D eigenvalue weighted by Gasteiger charge is 2.53. The molecule has 4 heteroatoms. The van der Waals surface area contributed by atoms with Crippen molar-refractivity contribution in [2.75, 3.05) is 39.3 Å². The van der Waals surface area contributed by atoms with Gasteiger partial charge in [-0.3, -0.25) is 4.90 Å². The molecule has 3 fully saturated rings. The van der Waals surface area contributed by atoms with E-state index < -0.39 is 0 Å². The molecule has 0 aromatic carbocycles. The van der Waals surface area contributed by atoms with Gasteiger partial charge in [0.25, 0.3) is 0 Å². The third-order valence-corrected chi connectivity index (χ3v) is 5.57. The quantitative estimate of drug-likeness (QED) is 0.828. The fourth-order valence-electron chi connectivity index (χ4n) is 4.95. The summed E-state index contributed by atoms with van der Waals surface area (Å²) >= 11 is 0. The zero-order valence-electron chi connectivity index (χ0n) is 13.6. The molecule has 2 N–H and O–H groups in total. The monoisotopic (exact) mass is 281 g/mol. The second kappa shape index (κ2) is 4.67. The van der Waals surface area contributed by atoms with Gasteiger partial charge in [0.15, 0.2) is 0 Å². The minimum Gasteiger partial charge on any atom is -0.367 e. The van der Waals surface area contributed by atoms with E-state index in [1.165, 1.54) is 32.5 Å². The van der Waals surface area contributed by atoms with Crippen LogP contribution < -0.4 is 5.73 Å². The Morgan fingerprint density at radius 1 is 1.10 bits per heavy atom. The van der Waals surface area contributed by atoms with Crippen LogP contribution in [0.25, 0.3) is 0 Å². The second-order valence-corrected chi connectivity index (χ2v) is 8.32. The van der Waals surface area contributed by atoms with Crippen LogP contribution >= 0.6 is 0 Å². The standard InChI is InChI=1S/C16H31N3O/c1-14(2)11-19(12-15(3,4)20-14)16(10-17)6-8-18-7-5-13(16)9-18/h13H,5-12,17H2,1-4H3. The van der Waals surface area contributed by atoms with Gasteiger partial charge in [0.2, 0.25) is 0 Å². The summed E-state index contributed by atoms with van der Waals surface area (Å²) in [5.74, 6) is 0.742. The third kappa shape index (κ3) is 2.41. The molecule has 116 valence electrons. The zero-order valence-corrected chi connectivity index (χ0v) is 13.6. The highest BCUT2D eigenvalue weighted by atomic mass is 16.5. The maximum Gasteiger partial charge on any atom is 0.0761 e. The van der Waals surface area contributed by atoms with Crippen molar-refractivity contribution in [3.63, 3.8) is 0 Å². The molecule has 0 saturated carbocycles. The number of rotatable bonds is 2. The van der Waals surface area contributed by atoms with Gasteiger partial charge >= 0.3 is 0 Å². The molecule has 0 aliphatic carbocycles. The summed E-state index contributed by atoms with van der Waals surface area (Å²) in [5.41, 5.74) is 6.36. The molecular weight excluding hydrogens is 250 g/mol. The van der Waals surface area contributed by atoms with Crippen molar-refractivity contribution in [2.24, 2.45) is 11.7 Å². The number of hydrogen-bond acceptors (Lipinski definition) is 4. The van der Waals surface area contributed by atoms with Gasteiger partial charge in [-0.05, 0) is 59.5 Å². The van der Waals surface area contributed by atoms with Gasteiger partial charge in [-0.25, -0.2) is 0 Å². The molecule has 0 radical (unpaired) electrons. The molecule has 3 saturated heterocycles. The second-order valence-electron chi connectivity index (χ2n) is 8.32. The molecule has 2 bridgehead atoms. The zero-order chi connectivity index (χ0) is 14.6. The summed E-state index contributed by atoms with van der Waals surface area (Å²) in [7, 11) is 0. The van der Waals surface area contributed by atoms with Crippen molar-refractivity contribution >= 4 is 0 Å². The van der Waals surface area contributed by atoms with Gasteiger partial charge in [0, 0.05) is 31.7 Å². The van der Waals surface area contributed by atoms with Crippen molar-refractivity contribution < 1.29 is 4.74 Å². The van der Waals surface area contributed by atoms with Crippen molar-refractivity contribution in [1.29, 1.82) is 0 Å². The molecule has 3 aliphatic heterocycles. The van der Waals surface area contributed by atoms with Gasteiger partial charge in [-0.1, -0.05) is 0 Å². The Labute approximate surface area is 123 Å². The van der Waals surface area contributed by atoms with Crippen LogP contribution in [0.4, 0.5) is 0 Å². The fraction of sp³-hybridized carbons (Fsp3) is 1.00. The fourth-order valence-corrected chi connectivity index (χ4v) is 4.95. The normalized spacial score (nSPS) is 43.6. The predicted molar refractivity (Wildman–Crippen MR) is 81.8 cm³/mol. The van der Waals surface area contributed by atoms with E-state index in [1.54, 1.807) is 0 Å². The Morgan fingerprint density at radius 2 is 1.75 bits per heavy atom. The van der Waals surface area contributed by atoms with Crippen molar-refractivity contribution in [2.45, 2.75) is 57.3 Å². The Bertz CT molecular complexity index is 366. The Morgan fingerprint density at radius 3 is 2.35 bits per heavy atom. The Balaban J connectivity index is 1.88. The van der Waals surface area contributed by atoms with E-state index in [0.29, 0.717) is 0 Å². The molecule has 3 rings (SSSR count). The SMILES string of the molecule is CC1(C)CN(C2(CN)CCN3CCC2C3)CC(C)(C)O1. The first-order valence-corrected chi connectivity index (χ1v) is 8.14. The van der Waals surface area contributed by atoms with Crippen LogP contribution in [0.2, 0.25) is 0 Å². The largest absolute Gasteiger partial charge is 0.367 e. The van der Waals surface area contributed by atoms with Crippen LogP contribution in [-0.4, -0.2) is 65.8 Å². The summed E-state index contributed by atoms with van der Waals surface area (Å²) in [6, 6.07) is 0. The van der Waals surface area contributed by atoms with Gasteiger partial charge in [-0.15, -0.1) is 0 Å². The van der Waals surface area contributed by atoms with Gasteiger partial charge in [0.1, 0.15) is 0 Å². The number of nitrogens with zero attached hydrogens (tertiary/aromatic N) is 2. The van der Waals surface area contributed by atoms with Crippen LogP contribution in [0.3, 0.4) is 0 Å². The summed E-state index contributed by atoms with van der Waals surface area (Å²) in [5, 5.41) is 0. The molecule has 0 aromatic heterocycles. The molecular formula is C16H31N3O. The molecule has 0 amide bonds. The lowest BCUT2D eigenvalue weighted by atomic mass is 9.75. The average molecular weight is 281 g/mol. The summed E-state index contributed by atoms with van der Waals surface area (Å²) in [6.45, 7) is 15.4. The van der Waals surface area contributed by atoms with Crippen LogP contribution in [-0.2, 0) is 4.74 Å². The summed E-state index contributed by atoms with van der Waals surface area (Å²) < 4.78 is 6.26. The van der Waals surface area contributed by atoms with E-state index in [0.717, 1.165) is 25.6 Å². The highest BCUT2D eigenvalue weighted by molar-refractivity contribution is 5.08. The number of nitrogens with two attached hydrogens (primary N) is 1. The smallest absolute Gasteiger partial charge is 0.0761 e. The minimum atomic E-state index is -0.0837. The molecule has 20 heavy (non-hydrogen) atoms. The van der Waals surface area contributed by atoms with Crippen molar-refractivity contribution in [3.8, 4) is 0 Å². The number of fused-ring (bicyclic) bond motifs is 2. The Kier molecular flexibility index (Phi) is 3.45. The van der Waals surface area contributed by atoms with Crippen LogP contribution in [0.1, 0.15) is 40.5 Å². The van der Waals surface area contributed by atoms with E-state index in [1.807, 2.05) is 0 Å². The number of piperidine rings is 1. The maximum atomic E-state index is 6.33. The van der Waals surface area contributed by atoms with E-state index in [4.69, 9.17) is 10.5 Å². The highest BCUT2D eigenvalue weighted by Crippen LogP contribution is 2.43. The molecule has 0 aromatic rings. The first kappa shape index (κ1) is 14.8.